The van der Waals surface area contributed by atoms with Gasteiger partial charge in [0.1, 0.15) is 6.04 Å². The molecule has 0 radical (unpaired) electrons. The van der Waals surface area contributed by atoms with Crippen molar-refractivity contribution < 1.29 is 77.3 Å². The van der Waals surface area contributed by atoms with Gasteiger partial charge in [-0.1, -0.05) is 63.1 Å². The summed E-state index contributed by atoms with van der Waals surface area (Å²) >= 11 is 8.99. The van der Waals surface area contributed by atoms with Crippen LogP contribution in [0.3, 0.4) is 0 Å². The Morgan fingerprint density at radius 2 is 0.824 bits per heavy atom. The number of halogens is 3. The van der Waals surface area contributed by atoms with Crippen LogP contribution in [0.4, 0.5) is 40.3 Å². The molecule has 8 aromatic rings. The fraction of sp³-hybridized carbons (Fsp3) is 0.377. The van der Waals surface area contributed by atoms with Crippen molar-refractivity contribution in [3.8, 4) is 0 Å². The number of nitrogens with two attached hydrogens (primary N) is 4. The summed E-state index contributed by atoms with van der Waals surface area (Å²) in [7, 11) is 2.96. The summed E-state index contributed by atoms with van der Waals surface area (Å²) in [6.45, 7) is 17.1. The van der Waals surface area contributed by atoms with E-state index in [1.165, 1.54) is 48.6 Å². The predicted octanol–water partition coefficient (Wildman–Crippen LogP) is 6.07. The first-order chi connectivity index (χ1) is 48.2. The number of carbonyl (C=O) groups excluding carboxylic acids is 3. The maximum absolute atomic E-state index is 11.1. The van der Waals surface area contributed by atoms with Crippen LogP contribution < -0.4 is 33.6 Å². The van der Waals surface area contributed by atoms with Gasteiger partial charge in [-0.25, -0.2) is 0 Å². The summed E-state index contributed by atoms with van der Waals surface area (Å²) in [6.07, 6.45) is 19.2. The molecule has 13 N–H and O–H groups in total. The minimum absolute atomic E-state index is 0.0422. The van der Waals surface area contributed by atoms with Crippen molar-refractivity contribution in [3.63, 3.8) is 0 Å². The standard InChI is InChI=1S/C12H14N6O2.C11H13N7O2.C10H14N2O2.C9H12N2O2.C5H5BrN2.C5H9IO2.C5H9O2.C4H6N4OS.HI.Zn/c1-7(11(19)20)3-9-4-10(6-13-5-9)14-12-17-15-8(2)16-18-12;1-6-15-17-11(18-16-6)14-8-2-7(4-13-5-8)3-9(12)10(19)20;1-7(10(13)14-2)3-8-4-9(11)6-12-5-8;1-6(9(12)13)2-7-3-8(10)5-11-4-7;6-4-1-5(7)3-8-2-4;1-4(3-6)5(7)8-2;1-4(2)5(6)7-3;1-3-5-7-4(8-6-3)10(2)9;;/h4-7H,3H2,1-2H3,(H,19,20)(H,14,17,18);2,4-5,9H,3,12H2,1H3,(H,19,20)(H,14,17,18);4-7H,3,11H2,1-2H3;3-6H,2,10H2,1H3,(H,12,13);1-3H,7H2;4H,3H2,1-2H3;4H,1H2,2-3H3;1-2H3;1H;/q;;;;;;-1;;;+2/p-1/t7-;9-;7-;6-;;2*4-;;;/m0000.01.../s1. The molecule has 1 unspecified atom stereocenters. The molecule has 0 amide bonds. The zero-order valence-electron chi connectivity index (χ0n) is 58.0. The minimum atomic E-state index is -1.18. The molecular formula is C61H82BrI2N23O13SZn. The number of ether oxygens (including phenoxy) is 3. The third kappa shape index (κ3) is 43.0. The number of esters is 3. The average molecular weight is 1780 g/mol. The van der Waals surface area contributed by atoms with Crippen molar-refractivity contribution in [2.45, 2.75) is 92.3 Å². The molecule has 0 aliphatic carbocycles. The van der Waals surface area contributed by atoms with E-state index in [-0.39, 0.29) is 59.1 Å². The van der Waals surface area contributed by atoms with Gasteiger partial charge in [-0.3, -0.25) is 57.9 Å². The summed E-state index contributed by atoms with van der Waals surface area (Å²) in [5.74, 6) is -2.60. The van der Waals surface area contributed by atoms with E-state index in [2.05, 4.69) is 176 Å². The van der Waals surface area contributed by atoms with Gasteiger partial charge in [0.25, 0.3) is 23.0 Å². The molecule has 0 fully saturated rings. The molecule has 0 saturated heterocycles. The van der Waals surface area contributed by atoms with Gasteiger partial charge in [-0.05, 0) is 115 Å². The molecule has 7 atom stereocenters. The number of aryl methyl sites for hydroxylation is 3. The number of hydrogen-bond acceptors (Lipinski definition) is 33. The average Bonchev–Trinajstić information content (AvgIpc) is 0.880. The topological polar surface area (TPSA) is 555 Å². The number of carboxylic acids is 3. The zero-order chi connectivity index (χ0) is 77.4. The van der Waals surface area contributed by atoms with Gasteiger partial charge < -0.3 is 70.0 Å². The van der Waals surface area contributed by atoms with Gasteiger partial charge in [-0.15, -0.1) is 61.2 Å². The molecule has 41 heteroatoms. The van der Waals surface area contributed by atoms with E-state index in [0.717, 1.165) is 25.6 Å². The second-order valence-electron chi connectivity index (χ2n) is 21.0. The molecule has 8 heterocycles. The number of rotatable bonds is 20. The monoisotopic (exact) mass is 1770 g/mol. The molecule has 0 spiro atoms. The maximum atomic E-state index is 11.1. The van der Waals surface area contributed by atoms with E-state index in [1.807, 2.05) is 19.9 Å². The Kier molecular flexibility index (Phi) is 48.3. The molecule has 0 saturated carbocycles. The quantitative estimate of drug-likeness (QED) is 0.0104. The normalized spacial score (nSPS) is 11.9. The number of aliphatic carboxylic acids is 3. The van der Waals surface area contributed by atoms with Crippen molar-refractivity contribution in [2.24, 2.45) is 35.3 Å². The Balaban J connectivity index is 0.00000117. The van der Waals surface area contributed by atoms with Crippen LogP contribution >= 0.6 is 58.3 Å². The van der Waals surface area contributed by atoms with E-state index >= 15 is 0 Å². The van der Waals surface area contributed by atoms with E-state index < -0.39 is 46.6 Å². The van der Waals surface area contributed by atoms with Crippen molar-refractivity contribution in [3.05, 3.63) is 143 Å². The second kappa shape index (κ2) is 53.0. The van der Waals surface area contributed by atoms with Gasteiger partial charge in [0.15, 0.2) is 17.5 Å². The van der Waals surface area contributed by atoms with Crippen molar-refractivity contribution in [1.82, 2.24) is 86.1 Å². The summed E-state index contributed by atoms with van der Waals surface area (Å²) < 4.78 is 25.8. The Labute approximate surface area is 634 Å². The molecule has 36 nitrogen and oxygen atoms in total. The van der Waals surface area contributed by atoms with Crippen LogP contribution in [0.2, 0.25) is 0 Å². The third-order valence-corrected chi connectivity index (χ3v) is 14.2. The third-order valence-electron chi connectivity index (χ3n) is 11.7. The summed E-state index contributed by atoms with van der Waals surface area (Å²) in [5.41, 5.74) is 28.3. The first-order valence-corrected chi connectivity index (χ1v) is 42.6. The van der Waals surface area contributed by atoms with Gasteiger partial charge in [-0.2, -0.15) is 0 Å². The van der Waals surface area contributed by atoms with Crippen molar-refractivity contribution >= 4 is 145 Å². The SMILES string of the molecule is COC(=O)[C@@H](C)CI.COC(=O)[C@@H](C)Cc1cncc(N)c1.C[C@@H](Cc1cncc(N)c1)C(=O)O.Cc1nnc(Nc2cncc(C[C@H](C)C(=O)O)c2)nn1.Cc1nnc(Nc2cncc(C[C@H](N)C(=O)O)c2)nn1.Cc1nnc(S(C)=O)nn1.Nc1cncc(Br)c1.[CH2-][C@H](C)C(=O)OC.[Zn+][I]. The summed E-state index contributed by atoms with van der Waals surface area (Å²) in [4.78, 5) is 83.7. The number of alkyl halides is 1. The first kappa shape index (κ1) is 93.1. The molecule has 548 valence electrons. The predicted molar refractivity (Wildman–Crippen MR) is 394 cm³/mol. The van der Waals surface area contributed by atoms with Gasteiger partial charge >= 0.3 is 64.4 Å². The second-order valence-corrected chi connectivity index (χ2v) is 24.1. The molecular weight excluding hydrogens is 1690 g/mol. The van der Waals surface area contributed by atoms with Crippen LogP contribution in [0.25, 0.3) is 0 Å². The van der Waals surface area contributed by atoms with Gasteiger partial charge in [0, 0.05) is 64.7 Å². The number of nitrogen functional groups attached to an aromatic ring is 3. The first-order valence-electron chi connectivity index (χ1n) is 29.7. The van der Waals surface area contributed by atoms with E-state index in [0.29, 0.717) is 70.7 Å². The number of hydrogen-bond donors (Lipinski definition) is 9. The molecule has 0 aromatic carbocycles. The summed E-state index contributed by atoms with van der Waals surface area (Å²) in [5, 5.41) is 77.0. The van der Waals surface area contributed by atoms with Crippen LogP contribution in [0, 0.1) is 57.3 Å². The van der Waals surface area contributed by atoms with Crippen LogP contribution in [0.15, 0.2) is 102 Å². The number of aromatic nitrogens is 17. The Bertz CT molecular complexity index is 3700. The Morgan fingerprint density at radius 1 is 0.500 bits per heavy atom. The van der Waals surface area contributed by atoms with Gasteiger partial charge in [0.2, 0.25) is 0 Å². The number of nitrogens with one attached hydrogen (secondary N) is 2. The number of methoxy groups -OCH3 is 3. The van der Waals surface area contributed by atoms with E-state index in [4.69, 9.17) is 38.3 Å². The van der Waals surface area contributed by atoms with Crippen LogP contribution in [-0.2, 0) is 94.2 Å². The van der Waals surface area contributed by atoms with Gasteiger partial charge in [0.05, 0.1) is 96.6 Å². The Morgan fingerprint density at radius 3 is 1.11 bits per heavy atom. The fourth-order valence-electron chi connectivity index (χ4n) is 6.63. The van der Waals surface area contributed by atoms with Crippen LogP contribution in [0.1, 0.15) is 74.3 Å². The molecule has 8 aromatic heterocycles. The number of carbonyl (C=O) groups is 6. The number of carboxylic acid groups (broad SMARTS) is 3. The van der Waals surface area contributed by atoms with Crippen molar-refractivity contribution in [2.75, 3.05) is 59.8 Å². The molecule has 102 heavy (non-hydrogen) atoms. The number of anilines is 7. The van der Waals surface area contributed by atoms with Crippen molar-refractivity contribution in [1.29, 1.82) is 0 Å². The zero-order valence-corrected chi connectivity index (χ0v) is 67.6. The van der Waals surface area contributed by atoms with E-state index in [9.17, 15) is 33.0 Å². The number of nitrogens with zero attached hydrogens (tertiary/aromatic N) is 17. The van der Waals surface area contributed by atoms with E-state index in [1.54, 1.807) is 122 Å². The molecule has 0 aliphatic heterocycles. The Hall–Kier alpha value is -8.94. The molecule has 0 aliphatic rings. The number of pyridine rings is 5. The molecule has 0 bridgehead atoms. The fourth-order valence-corrected chi connectivity index (χ4v) is 7.68. The summed E-state index contributed by atoms with van der Waals surface area (Å²) in [6, 6.07) is 7.91. The van der Waals surface area contributed by atoms with Crippen LogP contribution in [0.5, 0.6) is 0 Å². The van der Waals surface area contributed by atoms with Crippen LogP contribution in [-0.4, -0.2) is 180 Å². The molecule has 8 rings (SSSR count).